The summed E-state index contributed by atoms with van der Waals surface area (Å²) in [4.78, 5) is 15.2. The smallest absolute Gasteiger partial charge is 0.339 e. The predicted octanol–water partition coefficient (Wildman–Crippen LogP) is 1.80. The Balaban J connectivity index is 2.66. The van der Waals surface area contributed by atoms with Crippen molar-refractivity contribution < 1.29 is 19.4 Å². The normalized spacial score (nSPS) is 11.9. The van der Waals surface area contributed by atoms with Crippen LogP contribution < -0.4 is 0 Å². The monoisotopic (exact) mass is 235 g/mol. The maximum atomic E-state index is 11.0. The zero-order chi connectivity index (χ0) is 12.6. The summed E-state index contributed by atoms with van der Waals surface area (Å²) in [6, 6.07) is 4.76. The van der Waals surface area contributed by atoms with Crippen LogP contribution in [0.1, 0.15) is 30.1 Å². The molecule has 0 unspecified atom stereocenters. The van der Waals surface area contributed by atoms with Crippen LogP contribution in [-0.4, -0.2) is 27.8 Å². The number of carboxylic acid groups (broad SMARTS) is 1. The van der Waals surface area contributed by atoms with Gasteiger partial charge >= 0.3 is 5.97 Å². The number of carbonyl (C=O) groups is 1. The molecule has 0 aliphatic rings. The van der Waals surface area contributed by atoms with Crippen LogP contribution >= 0.6 is 0 Å². The molecule has 0 bridgehead atoms. The number of aliphatic hydroxyl groups is 1. The van der Waals surface area contributed by atoms with Gasteiger partial charge in [-0.2, -0.15) is 0 Å². The van der Waals surface area contributed by atoms with Crippen LogP contribution in [0, 0.1) is 0 Å². The summed E-state index contributed by atoms with van der Waals surface area (Å²) in [6.45, 7) is 3.43. The number of para-hydroxylation sites is 1. The number of rotatable bonds is 3. The Morgan fingerprint density at radius 1 is 1.47 bits per heavy atom. The fourth-order valence-electron chi connectivity index (χ4n) is 1.47. The number of aliphatic hydroxyl groups excluding tert-OH is 1. The molecule has 0 spiro atoms. The van der Waals surface area contributed by atoms with E-state index in [-0.39, 0.29) is 17.8 Å². The van der Waals surface area contributed by atoms with Gasteiger partial charge in [-0.05, 0) is 26.0 Å². The molecule has 0 aliphatic heterocycles. The van der Waals surface area contributed by atoms with E-state index in [1.54, 1.807) is 26.0 Å². The third-order valence-corrected chi connectivity index (χ3v) is 2.62. The fraction of sp³-hybridized carbons (Fsp3) is 0.333. The Labute approximate surface area is 97.7 Å². The number of aromatic nitrogens is 1. The number of nitrogens with zero attached hydrogens (tertiary/aromatic N) is 1. The van der Waals surface area contributed by atoms with E-state index in [0.717, 1.165) is 0 Å². The van der Waals surface area contributed by atoms with Crippen molar-refractivity contribution in [2.24, 2.45) is 0 Å². The minimum absolute atomic E-state index is 0.0787. The van der Waals surface area contributed by atoms with Crippen LogP contribution in [0.25, 0.3) is 11.1 Å². The maximum absolute atomic E-state index is 11.0. The van der Waals surface area contributed by atoms with Gasteiger partial charge in [-0.3, -0.25) is 0 Å². The van der Waals surface area contributed by atoms with Crippen molar-refractivity contribution in [2.45, 2.75) is 19.3 Å². The first kappa shape index (κ1) is 11.6. The highest BCUT2D eigenvalue weighted by atomic mass is 16.4. The first-order chi connectivity index (χ1) is 7.95. The first-order valence-corrected chi connectivity index (χ1v) is 5.20. The molecule has 0 amide bonds. The molecule has 17 heavy (non-hydrogen) atoms. The largest absolute Gasteiger partial charge is 0.478 e. The van der Waals surface area contributed by atoms with Crippen LogP contribution in [0.15, 0.2) is 22.6 Å². The Bertz CT molecular complexity index is 571. The fourth-order valence-corrected chi connectivity index (χ4v) is 1.47. The molecule has 0 atom stereocenters. The van der Waals surface area contributed by atoms with Crippen molar-refractivity contribution in [2.75, 3.05) is 6.61 Å². The number of aromatic carboxylic acids is 1. The quantitative estimate of drug-likeness (QED) is 0.847. The number of fused-ring (bicyclic) bond motifs is 1. The highest BCUT2D eigenvalue weighted by Crippen LogP contribution is 2.27. The molecule has 2 aromatic rings. The SMILES string of the molecule is CC(C)(CO)c1nc2cccc(C(=O)O)c2o1. The molecule has 1 heterocycles. The van der Waals surface area contributed by atoms with E-state index in [2.05, 4.69) is 4.98 Å². The molecule has 2 rings (SSSR count). The van der Waals surface area contributed by atoms with E-state index in [1.165, 1.54) is 6.07 Å². The summed E-state index contributed by atoms with van der Waals surface area (Å²) in [5, 5.41) is 18.2. The Morgan fingerprint density at radius 3 is 2.76 bits per heavy atom. The van der Waals surface area contributed by atoms with Gasteiger partial charge in [0.15, 0.2) is 5.58 Å². The lowest BCUT2D eigenvalue weighted by atomic mass is 9.95. The summed E-state index contributed by atoms with van der Waals surface area (Å²) < 4.78 is 5.46. The molecular formula is C12H13NO4. The average molecular weight is 235 g/mol. The lowest BCUT2D eigenvalue weighted by Gasteiger charge is -2.15. The zero-order valence-electron chi connectivity index (χ0n) is 9.60. The van der Waals surface area contributed by atoms with Gasteiger partial charge in [-0.15, -0.1) is 0 Å². The highest BCUT2D eigenvalue weighted by Gasteiger charge is 2.27. The molecule has 0 saturated carbocycles. The van der Waals surface area contributed by atoms with Crippen molar-refractivity contribution in [1.82, 2.24) is 4.98 Å². The maximum Gasteiger partial charge on any atom is 0.339 e. The topological polar surface area (TPSA) is 83.6 Å². The summed E-state index contributed by atoms with van der Waals surface area (Å²) in [7, 11) is 0. The molecule has 5 nitrogen and oxygen atoms in total. The lowest BCUT2D eigenvalue weighted by Crippen LogP contribution is -2.22. The molecular weight excluding hydrogens is 222 g/mol. The summed E-state index contributed by atoms with van der Waals surface area (Å²) in [5.74, 6) is -0.719. The van der Waals surface area contributed by atoms with Crippen LogP contribution in [-0.2, 0) is 5.41 Å². The molecule has 0 radical (unpaired) electrons. The van der Waals surface area contributed by atoms with E-state index >= 15 is 0 Å². The molecule has 1 aromatic carbocycles. The van der Waals surface area contributed by atoms with Gasteiger partial charge in [0, 0.05) is 0 Å². The molecule has 5 heteroatoms. The van der Waals surface area contributed by atoms with Gasteiger partial charge < -0.3 is 14.6 Å². The van der Waals surface area contributed by atoms with Crippen molar-refractivity contribution in [3.63, 3.8) is 0 Å². The minimum Gasteiger partial charge on any atom is -0.478 e. The van der Waals surface area contributed by atoms with Crippen LogP contribution in [0.5, 0.6) is 0 Å². The number of hydrogen-bond donors (Lipinski definition) is 2. The number of benzene rings is 1. The summed E-state index contributed by atoms with van der Waals surface area (Å²) in [6.07, 6.45) is 0. The van der Waals surface area contributed by atoms with Gasteiger partial charge in [0.2, 0.25) is 5.89 Å². The van der Waals surface area contributed by atoms with Gasteiger partial charge in [-0.1, -0.05) is 6.07 Å². The van der Waals surface area contributed by atoms with Crippen molar-refractivity contribution >= 4 is 17.1 Å². The van der Waals surface area contributed by atoms with Crippen LogP contribution in [0.2, 0.25) is 0 Å². The third-order valence-electron chi connectivity index (χ3n) is 2.62. The van der Waals surface area contributed by atoms with Crippen LogP contribution in [0.3, 0.4) is 0 Å². The number of oxazole rings is 1. The Morgan fingerprint density at radius 2 is 2.18 bits per heavy atom. The van der Waals surface area contributed by atoms with E-state index in [1.807, 2.05) is 0 Å². The molecule has 0 saturated heterocycles. The average Bonchev–Trinajstić information content (AvgIpc) is 2.72. The van der Waals surface area contributed by atoms with Gasteiger partial charge in [0.05, 0.1) is 12.0 Å². The lowest BCUT2D eigenvalue weighted by molar-refractivity contribution is 0.0697. The van der Waals surface area contributed by atoms with Crippen molar-refractivity contribution in [1.29, 1.82) is 0 Å². The van der Waals surface area contributed by atoms with Gasteiger partial charge in [-0.25, -0.2) is 9.78 Å². The zero-order valence-corrected chi connectivity index (χ0v) is 9.60. The number of hydrogen-bond acceptors (Lipinski definition) is 4. The van der Waals surface area contributed by atoms with E-state index < -0.39 is 11.4 Å². The standard InChI is InChI=1S/C12H13NO4/c1-12(2,6-14)11-13-8-5-3-4-7(10(15)16)9(8)17-11/h3-5,14H,6H2,1-2H3,(H,15,16). The van der Waals surface area contributed by atoms with E-state index in [4.69, 9.17) is 9.52 Å². The van der Waals surface area contributed by atoms with E-state index in [0.29, 0.717) is 11.4 Å². The van der Waals surface area contributed by atoms with Crippen molar-refractivity contribution in [3.8, 4) is 0 Å². The highest BCUT2D eigenvalue weighted by molar-refractivity contribution is 5.99. The second kappa shape index (κ2) is 3.85. The van der Waals surface area contributed by atoms with Gasteiger partial charge in [0.1, 0.15) is 11.1 Å². The molecule has 1 aromatic heterocycles. The summed E-state index contributed by atoms with van der Waals surface area (Å²) in [5.41, 5.74) is 0.183. The molecule has 0 aliphatic carbocycles. The van der Waals surface area contributed by atoms with Crippen LogP contribution in [0.4, 0.5) is 0 Å². The molecule has 0 fully saturated rings. The number of carboxylic acids is 1. The molecule has 90 valence electrons. The first-order valence-electron chi connectivity index (χ1n) is 5.20. The second-order valence-corrected chi connectivity index (χ2v) is 4.52. The minimum atomic E-state index is -1.06. The van der Waals surface area contributed by atoms with Gasteiger partial charge in [0.25, 0.3) is 0 Å². The van der Waals surface area contributed by atoms with E-state index in [9.17, 15) is 9.90 Å². The Hall–Kier alpha value is -1.88. The second-order valence-electron chi connectivity index (χ2n) is 4.52. The predicted molar refractivity (Wildman–Crippen MR) is 61.1 cm³/mol. The Kier molecular flexibility index (Phi) is 2.63. The summed E-state index contributed by atoms with van der Waals surface area (Å²) >= 11 is 0. The van der Waals surface area contributed by atoms with Crippen molar-refractivity contribution in [3.05, 3.63) is 29.7 Å². The third kappa shape index (κ3) is 1.89. The molecule has 2 N–H and O–H groups in total.